The van der Waals surface area contributed by atoms with Crippen molar-refractivity contribution in [1.29, 1.82) is 0 Å². The molecule has 18 heavy (non-hydrogen) atoms. The fourth-order valence-electron chi connectivity index (χ4n) is 1.65. The average molecular weight is 251 g/mol. The van der Waals surface area contributed by atoms with Crippen LogP contribution in [0.4, 0.5) is 0 Å². The number of benzene rings is 1. The smallest absolute Gasteiger partial charge is 0.139 e. The molecule has 5 nitrogen and oxygen atoms in total. The molecule has 0 saturated heterocycles. The maximum Gasteiger partial charge on any atom is 0.139 e. The highest BCUT2D eigenvalue weighted by Crippen LogP contribution is 2.17. The van der Waals surface area contributed by atoms with Crippen LogP contribution in [0.15, 0.2) is 29.4 Å². The van der Waals surface area contributed by atoms with E-state index in [9.17, 15) is 0 Å². The van der Waals surface area contributed by atoms with Gasteiger partial charge in [0.15, 0.2) is 0 Å². The molecule has 100 valence electrons. The summed E-state index contributed by atoms with van der Waals surface area (Å²) in [5, 5.41) is 14.7. The molecule has 1 atom stereocenters. The highest BCUT2D eigenvalue weighted by molar-refractivity contribution is 5.79. The van der Waals surface area contributed by atoms with Crippen LogP contribution in [0.1, 0.15) is 31.4 Å². The lowest BCUT2D eigenvalue weighted by Gasteiger charge is -2.14. The third-order valence-corrected chi connectivity index (χ3v) is 2.80. The molecule has 0 bridgehead atoms. The molecule has 0 fully saturated rings. The van der Waals surface area contributed by atoms with Crippen LogP contribution < -0.4 is 15.8 Å². The lowest BCUT2D eigenvalue weighted by Crippen LogP contribution is -2.21. The molecule has 0 amide bonds. The monoisotopic (exact) mass is 251 g/mol. The van der Waals surface area contributed by atoms with E-state index in [0.717, 1.165) is 18.7 Å². The minimum atomic E-state index is 0.267. The molecule has 1 aromatic carbocycles. The van der Waals surface area contributed by atoms with Crippen molar-refractivity contribution in [2.75, 3.05) is 13.7 Å². The first-order valence-electron chi connectivity index (χ1n) is 6.01. The highest BCUT2D eigenvalue weighted by Gasteiger charge is 2.04. The van der Waals surface area contributed by atoms with Crippen molar-refractivity contribution in [2.24, 2.45) is 10.9 Å². The summed E-state index contributed by atoms with van der Waals surface area (Å²) in [5.74, 6) is 1.13. The molecule has 1 aromatic rings. The number of rotatable bonds is 7. The van der Waals surface area contributed by atoms with Gasteiger partial charge in [-0.05, 0) is 37.6 Å². The molecular formula is C13H21N3O2. The van der Waals surface area contributed by atoms with Gasteiger partial charge >= 0.3 is 0 Å². The maximum absolute atomic E-state index is 8.40. The largest absolute Gasteiger partial charge is 0.497 e. The predicted molar refractivity (Wildman–Crippen MR) is 72.1 cm³/mol. The van der Waals surface area contributed by atoms with Crippen LogP contribution in [-0.4, -0.2) is 24.7 Å². The van der Waals surface area contributed by atoms with Crippen molar-refractivity contribution in [3.63, 3.8) is 0 Å². The summed E-state index contributed by atoms with van der Waals surface area (Å²) in [4.78, 5) is 0. The minimum absolute atomic E-state index is 0.267. The van der Waals surface area contributed by atoms with Crippen LogP contribution in [0, 0.1) is 0 Å². The molecule has 0 radical (unpaired) electrons. The minimum Gasteiger partial charge on any atom is -0.497 e. The summed E-state index contributed by atoms with van der Waals surface area (Å²) in [6.07, 6.45) is 1.44. The van der Waals surface area contributed by atoms with Crippen molar-refractivity contribution < 1.29 is 9.94 Å². The SMILES string of the molecule is COc1ccc([C@@H](C)NCCC/C(N)=N/O)cc1. The van der Waals surface area contributed by atoms with Gasteiger partial charge in [0.25, 0.3) is 0 Å². The number of methoxy groups -OCH3 is 1. The van der Waals surface area contributed by atoms with Crippen molar-refractivity contribution in [3.05, 3.63) is 29.8 Å². The topological polar surface area (TPSA) is 79.9 Å². The molecule has 0 heterocycles. The Labute approximate surface area is 108 Å². The zero-order valence-corrected chi connectivity index (χ0v) is 10.9. The maximum atomic E-state index is 8.40. The molecule has 0 unspecified atom stereocenters. The Balaban J connectivity index is 2.33. The van der Waals surface area contributed by atoms with E-state index in [1.807, 2.05) is 24.3 Å². The molecule has 5 heteroatoms. The van der Waals surface area contributed by atoms with Gasteiger partial charge in [0.05, 0.1) is 7.11 Å². The quantitative estimate of drug-likeness (QED) is 0.227. The fourth-order valence-corrected chi connectivity index (χ4v) is 1.65. The Morgan fingerprint density at radius 1 is 1.44 bits per heavy atom. The third-order valence-electron chi connectivity index (χ3n) is 2.80. The van der Waals surface area contributed by atoms with Gasteiger partial charge in [-0.25, -0.2) is 0 Å². The van der Waals surface area contributed by atoms with Gasteiger partial charge in [0.1, 0.15) is 11.6 Å². The summed E-state index contributed by atoms with van der Waals surface area (Å²) in [6.45, 7) is 2.93. The van der Waals surface area contributed by atoms with Crippen LogP contribution in [0.25, 0.3) is 0 Å². The standard InChI is InChI=1S/C13H21N3O2/c1-10(15-9-3-4-13(14)16-17)11-5-7-12(18-2)8-6-11/h5-8,10,15,17H,3-4,9H2,1-2H3,(H2,14,16)/t10-/m1/s1. The van der Waals surface area contributed by atoms with Gasteiger partial charge in [-0.2, -0.15) is 0 Å². The molecule has 0 aliphatic carbocycles. The zero-order chi connectivity index (χ0) is 13.4. The van der Waals surface area contributed by atoms with E-state index >= 15 is 0 Å². The van der Waals surface area contributed by atoms with Crippen LogP contribution in [0.3, 0.4) is 0 Å². The number of ether oxygens (including phenoxy) is 1. The molecule has 4 N–H and O–H groups in total. The summed E-state index contributed by atoms with van der Waals surface area (Å²) in [7, 11) is 1.66. The summed E-state index contributed by atoms with van der Waals surface area (Å²) in [5.41, 5.74) is 6.60. The van der Waals surface area contributed by atoms with Crippen LogP contribution in [-0.2, 0) is 0 Å². The van der Waals surface area contributed by atoms with Crippen LogP contribution >= 0.6 is 0 Å². The van der Waals surface area contributed by atoms with E-state index < -0.39 is 0 Å². The molecule has 0 aliphatic rings. The zero-order valence-electron chi connectivity index (χ0n) is 10.9. The number of amidine groups is 1. The van der Waals surface area contributed by atoms with Gasteiger partial charge in [0, 0.05) is 12.5 Å². The van der Waals surface area contributed by atoms with E-state index in [-0.39, 0.29) is 11.9 Å². The lowest BCUT2D eigenvalue weighted by atomic mass is 10.1. The van der Waals surface area contributed by atoms with Gasteiger partial charge in [0.2, 0.25) is 0 Å². The van der Waals surface area contributed by atoms with Gasteiger partial charge < -0.3 is 21.0 Å². The molecule has 0 spiro atoms. The summed E-state index contributed by atoms with van der Waals surface area (Å²) in [6, 6.07) is 8.25. The molecule has 0 aromatic heterocycles. The van der Waals surface area contributed by atoms with Gasteiger partial charge in [-0.1, -0.05) is 17.3 Å². The Bertz CT molecular complexity index is 376. The van der Waals surface area contributed by atoms with E-state index in [1.165, 1.54) is 5.56 Å². The van der Waals surface area contributed by atoms with E-state index in [4.69, 9.17) is 15.7 Å². The molecule has 1 rings (SSSR count). The second-order valence-corrected chi connectivity index (χ2v) is 4.14. The second kappa shape index (κ2) is 7.55. The lowest BCUT2D eigenvalue weighted by molar-refractivity contribution is 0.316. The van der Waals surface area contributed by atoms with E-state index in [2.05, 4.69) is 17.4 Å². The molecule has 0 saturated carbocycles. The number of hydrogen-bond donors (Lipinski definition) is 3. The molecular weight excluding hydrogens is 230 g/mol. The van der Waals surface area contributed by atoms with E-state index in [1.54, 1.807) is 7.11 Å². The number of nitrogens with one attached hydrogen (secondary N) is 1. The number of nitrogens with zero attached hydrogens (tertiary/aromatic N) is 1. The first-order chi connectivity index (χ1) is 8.67. The average Bonchev–Trinajstić information content (AvgIpc) is 2.43. The first-order valence-corrected chi connectivity index (χ1v) is 6.01. The first kappa shape index (κ1) is 14.3. The second-order valence-electron chi connectivity index (χ2n) is 4.14. The third kappa shape index (κ3) is 4.63. The highest BCUT2D eigenvalue weighted by atomic mass is 16.5. The van der Waals surface area contributed by atoms with E-state index in [0.29, 0.717) is 6.42 Å². The molecule has 0 aliphatic heterocycles. The van der Waals surface area contributed by atoms with Crippen LogP contribution in [0.5, 0.6) is 5.75 Å². The number of oxime groups is 1. The van der Waals surface area contributed by atoms with Gasteiger partial charge in [-0.15, -0.1) is 0 Å². The Kier molecular flexibility index (Phi) is 6.00. The van der Waals surface area contributed by atoms with Crippen molar-refractivity contribution in [2.45, 2.75) is 25.8 Å². The number of nitrogens with two attached hydrogens (primary N) is 1. The van der Waals surface area contributed by atoms with Crippen LogP contribution in [0.2, 0.25) is 0 Å². The fraction of sp³-hybridized carbons (Fsp3) is 0.462. The van der Waals surface area contributed by atoms with Crippen molar-refractivity contribution in [1.82, 2.24) is 5.32 Å². The Morgan fingerprint density at radius 3 is 2.67 bits per heavy atom. The normalized spacial score (nSPS) is 13.3. The number of hydrogen-bond acceptors (Lipinski definition) is 4. The summed E-state index contributed by atoms with van der Waals surface area (Å²) < 4.78 is 5.12. The van der Waals surface area contributed by atoms with Crippen molar-refractivity contribution >= 4 is 5.84 Å². The van der Waals surface area contributed by atoms with Gasteiger partial charge in [-0.3, -0.25) is 0 Å². The summed E-state index contributed by atoms with van der Waals surface area (Å²) >= 11 is 0. The Hall–Kier alpha value is -1.75. The Morgan fingerprint density at radius 2 is 2.11 bits per heavy atom. The van der Waals surface area contributed by atoms with Crippen molar-refractivity contribution in [3.8, 4) is 5.75 Å². The predicted octanol–water partition coefficient (Wildman–Crippen LogP) is 1.87.